The molecule has 0 saturated carbocycles. The third kappa shape index (κ3) is 3.25. The Morgan fingerprint density at radius 2 is 1.89 bits per heavy atom. The van der Waals surface area contributed by atoms with Gasteiger partial charge in [-0.2, -0.15) is 0 Å². The lowest BCUT2D eigenvalue weighted by Crippen LogP contribution is -1.98. The van der Waals surface area contributed by atoms with Gasteiger partial charge in [-0.05, 0) is 23.8 Å². The predicted molar refractivity (Wildman–Crippen MR) is 71.9 cm³/mol. The summed E-state index contributed by atoms with van der Waals surface area (Å²) in [5, 5.41) is 0.681. The normalized spacial score (nSPS) is 10.8. The van der Waals surface area contributed by atoms with Crippen LogP contribution in [0.3, 0.4) is 0 Å². The minimum atomic E-state index is -0.440. The van der Waals surface area contributed by atoms with E-state index in [-0.39, 0.29) is 0 Å². The average Bonchev–Trinajstić information content (AvgIpc) is 2.37. The number of rotatable bonds is 3. The maximum Gasteiger partial charge on any atom is 0.339 e. The van der Waals surface area contributed by atoms with Gasteiger partial charge in [0.2, 0.25) is 0 Å². The van der Waals surface area contributed by atoms with Gasteiger partial charge in [-0.15, -0.1) is 0 Å². The third-order valence-electron chi connectivity index (χ3n) is 2.31. The molecular formula is C14H11ClO3. The van der Waals surface area contributed by atoms with E-state index in [2.05, 4.69) is 0 Å². The van der Waals surface area contributed by atoms with E-state index in [1.54, 1.807) is 24.3 Å². The molecule has 0 amide bonds. The highest BCUT2D eigenvalue weighted by Gasteiger charge is 1.98. The first-order chi connectivity index (χ1) is 8.67. The Hall–Kier alpha value is -2.00. The minimum Gasteiger partial charge on any atom is -0.496 e. The van der Waals surface area contributed by atoms with E-state index in [4.69, 9.17) is 20.8 Å². The van der Waals surface area contributed by atoms with Crippen LogP contribution >= 0.6 is 11.6 Å². The molecule has 0 bridgehead atoms. The highest BCUT2D eigenvalue weighted by molar-refractivity contribution is 6.30. The largest absolute Gasteiger partial charge is 0.496 e. The van der Waals surface area contributed by atoms with Crippen molar-refractivity contribution in [1.82, 2.24) is 0 Å². The van der Waals surface area contributed by atoms with Crippen LogP contribution in [0.2, 0.25) is 5.02 Å². The molecule has 3 nitrogen and oxygen atoms in total. The Bertz CT molecular complexity index is 612. The van der Waals surface area contributed by atoms with Crippen LogP contribution in [0.4, 0.5) is 0 Å². The van der Waals surface area contributed by atoms with Crippen molar-refractivity contribution < 1.29 is 9.15 Å². The summed E-state index contributed by atoms with van der Waals surface area (Å²) >= 11 is 5.79. The molecule has 0 unspecified atom stereocenters. The first kappa shape index (κ1) is 12.5. The van der Waals surface area contributed by atoms with Gasteiger partial charge < -0.3 is 9.15 Å². The summed E-state index contributed by atoms with van der Waals surface area (Å²) in [7, 11) is 1.50. The number of ether oxygens (including phenoxy) is 1. The van der Waals surface area contributed by atoms with Crippen molar-refractivity contribution in [2.75, 3.05) is 7.11 Å². The highest BCUT2D eigenvalue weighted by atomic mass is 35.5. The second-order valence-electron chi connectivity index (χ2n) is 3.60. The van der Waals surface area contributed by atoms with Gasteiger partial charge in [-0.25, -0.2) is 4.79 Å². The zero-order chi connectivity index (χ0) is 13.0. The average molecular weight is 263 g/mol. The van der Waals surface area contributed by atoms with Crippen LogP contribution in [0.15, 0.2) is 45.6 Å². The Morgan fingerprint density at radius 3 is 2.56 bits per heavy atom. The van der Waals surface area contributed by atoms with E-state index in [1.807, 2.05) is 18.2 Å². The SMILES string of the molecule is COc1cc(/C=C\c2ccc(Cl)cc2)oc(=O)c1. The van der Waals surface area contributed by atoms with Gasteiger partial charge in [0.15, 0.2) is 0 Å². The summed E-state index contributed by atoms with van der Waals surface area (Å²) in [4.78, 5) is 11.2. The molecule has 1 heterocycles. The molecule has 4 heteroatoms. The fraction of sp³-hybridized carbons (Fsp3) is 0.0714. The van der Waals surface area contributed by atoms with Gasteiger partial charge in [0.1, 0.15) is 11.5 Å². The predicted octanol–water partition coefficient (Wildman–Crippen LogP) is 3.47. The van der Waals surface area contributed by atoms with Gasteiger partial charge in [0.05, 0.1) is 13.2 Å². The second kappa shape index (κ2) is 5.56. The van der Waals surface area contributed by atoms with Gasteiger partial charge in [-0.3, -0.25) is 0 Å². The lowest BCUT2D eigenvalue weighted by molar-refractivity contribution is 0.400. The van der Waals surface area contributed by atoms with Crippen molar-refractivity contribution in [3.63, 3.8) is 0 Å². The molecule has 0 aliphatic rings. The summed E-state index contributed by atoms with van der Waals surface area (Å²) in [6, 6.07) is 10.3. The Morgan fingerprint density at radius 1 is 1.17 bits per heavy atom. The summed E-state index contributed by atoms with van der Waals surface area (Å²) in [5.74, 6) is 0.913. The quantitative estimate of drug-likeness (QED) is 0.850. The molecule has 0 saturated heterocycles. The molecule has 0 atom stereocenters. The first-order valence-corrected chi connectivity index (χ1v) is 5.68. The molecule has 1 aromatic carbocycles. The van der Waals surface area contributed by atoms with Crippen molar-refractivity contribution in [3.05, 3.63) is 63.2 Å². The van der Waals surface area contributed by atoms with Crippen LogP contribution in [0.5, 0.6) is 5.75 Å². The molecule has 92 valence electrons. The number of hydrogen-bond donors (Lipinski definition) is 0. The fourth-order valence-corrected chi connectivity index (χ4v) is 1.55. The maximum atomic E-state index is 11.2. The van der Waals surface area contributed by atoms with E-state index in [9.17, 15) is 4.79 Å². The zero-order valence-corrected chi connectivity index (χ0v) is 10.5. The molecule has 18 heavy (non-hydrogen) atoms. The Balaban J connectivity index is 2.25. The monoisotopic (exact) mass is 262 g/mol. The summed E-state index contributed by atoms with van der Waals surface area (Å²) in [5.41, 5.74) is 0.523. The van der Waals surface area contributed by atoms with E-state index < -0.39 is 5.63 Å². The lowest BCUT2D eigenvalue weighted by Gasteiger charge is -1.99. The summed E-state index contributed by atoms with van der Waals surface area (Å²) in [6.45, 7) is 0. The van der Waals surface area contributed by atoms with Gasteiger partial charge >= 0.3 is 5.63 Å². The topological polar surface area (TPSA) is 39.4 Å². The van der Waals surface area contributed by atoms with Crippen molar-refractivity contribution in [2.45, 2.75) is 0 Å². The van der Waals surface area contributed by atoms with Gasteiger partial charge in [-0.1, -0.05) is 29.8 Å². The molecule has 0 aliphatic carbocycles. The summed E-state index contributed by atoms with van der Waals surface area (Å²) < 4.78 is 10.0. The van der Waals surface area contributed by atoms with Crippen molar-refractivity contribution >= 4 is 23.8 Å². The van der Waals surface area contributed by atoms with Crippen LogP contribution in [0.25, 0.3) is 12.2 Å². The molecule has 0 aliphatic heterocycles. The molecule has 2 aromatic rings. The van der Waals surface area contributed by atoms with Gasteiger partial charge in [0.25, 0.3) is 0 Å². The Kier molecular flexibility index (Phi) is 3.85. The molecule has 2 rings (SSSR count). The molecule has 0 radical (unpaired) electrons. The number of benzene rings is 1. The molecule has 0 fully saturated rings. The van der Waals surface area contributed by atoms with Crippen molar-refractivity contribution in [3.8, 4) is 5.75 Å². The van der Waals surface area contributed by atoms with Crippen molar-refractivity contribution in [1.29, 1.82) is 0 Å². The first-order valence-electron chi connectivity index (χ1n) is 5.30. The van der Waals surface area contributed by atoms with E-state index in [0.717, 1.165) is 5.56 Å². The van der Waals surface area contributed by atoms with Gasteiger partial charge in [0, 0.05) is 11.1 Å². The van der Waals surface area contributed by atoms with Crippen LogP contribution in [0.1, 0.15) is 11.3 Å². The van der Waals surface area contributed by atoms with Crippen LogP contribution < -0.4 is 10.4 Å². The van der Waals surface area contributed by atoms with Crippen LogP contribution in [-0.2, 0) is 0 Å². The Labute approximate surface area is 109 Å². The maximum absolute atomic E-state index is 11.2. The second-order valence-corrected chi connectivity index (χ2v) is 4.04. The smallest absolute Gasteiger partial charge is 0.339 e. The number of methoxy groups -OCH3 is 1. The molecule has 0 spiro atoms. The van der Waals surface area contributed by atoms with E-state index in [1.165, 1.54) is 13.2 Å². The number of halogens is 1. The number of hydrogen-bond acceptors (Lipinski definition) is 3. The van der Waals surface area contributed by atoms with Crippen LogP contribution in [-0.4, -0.2) is 7.11 Å². The zero-order valence-electron chi connectivity index (χ0n) is 9.72. The van der Waals surface area contributed by atoms with E-state index in [0.29, 0.717) is 16.5 Å². The summed E-state index contributed by atoms with van der Waals surface area (Å²) in [6.07, 6.45) is 3.53. The van der Waals surface area contributed by atoms with Crippen molar-refractivity contribution in [2.24, 2.45) is 0 Å². The van der Waals surface area contributed by atoms with E-state index >= 15 is 0 Å². The molecular weight excluding hydrogens is 252 g/mol. The fourth-order valence-electron chi connectivity index (χ4n) is 1.43. The van der Waals surface area contributed by atoms with Crippen LogP contribution in [0, 0.1) is 0 Å². The molecule has 1 aromatic heterocycles. The highest BCUT2D eigenvalue weighted by Crippen LogP contribution is 2.14. The minimum absolute atomic E-state index is 0.439. The molecule has 0 N–H and O–H groups in total. The third-order valence-corrected chi connectivity index (χ3v) is 2.56. The standard InChI is InChI=1S/C14H11ClO3/c1-17-13-8-12(18-14(16)9-13)7-4-10-2-5-11(15)6-3-10/h2-9H,1H3/b7-4-. The lowest BCUT2D eigenvalue weighted by atomic mass is 10.2.